The Kier molecular flexibility index (Phi) is 9.74. The van der Waals surface area contributed by atoms with Crippen LogP contribution in [0.1, 0.15) is 51.5 Å². The van der Waals surface area contributed by atoms with Crippen LogP contribution in [0.2, 0.25) is 0 Å². The lowest BCUT2D eigenvalue weighted by Gasteiger charge is -2.33. The maximum absolute atomic E-state index is 15.2. The summed E-state index contributed by atoms with van der Waals surface area (Å²) in [5.74, 6) is -1.18. The number of aliphatic hydroxyl groups excluding tert-OH is 1. The zero-order valence-electron chi connectivity index (χ0n) is 27.6. The van der Waals surface area contributed by atoms with Crippen LogP contribution >= 0.6 is 11.3 Å². The van der Waals surface area contributed by atoms with Gasteiger partial charge < -0.3 is 24.6 Å². The molecule has 2 aliphatic carbocycles. The van der Waals surface area contributed by atoms with Crippen LogP contribution in [0.25, 0.3) is 10.2 Å². The minimum atomic E-state index is -4.30. The van der Waals surface area contributed by atoms with Gasteiger partial charge in [0.1, 0.15) is 17.6 Å². The second kappa shape index (κ2) is 13.8. The summed E-state index contributed by atoms with van der Waals surface area (Å²) in [6, 6.07) is 10.7. The number of sulfonamides is 1. The van der Waals surface area contributed by atoms with E-state index in [4.69, 9.17) is 14.2 Å². The first-order valence-electron chi connectivity index (χ1n) is 17.0. The van der Waals surface area contributed by atoms with E-state index in [-0.39, 0.29) is 47.9 Å². The number of anilines is 1. The van der Waals surface area contributed by atoms with Crippen molar-refractivity contribution in [3.05, 3.63) is 53.8 Å². The van der Waals surface area contributed by atoms with Crippen molar-refractivity contribution in [2.75, 3.05) is 31.6 Å². The summed E-state index contributed by atoms with van der Waals surface area (Å²) in [6.45, 7) is 2.67. The van der Waals surface area contributed by atoms with Gasteiger partial charge in [-0.15, -0.1) is 0 Å². The van der Waals surface area contributed by atoms with Gasteiger partial charge in [0.25, 0.3) is 0 Å². The number of aromatic nitrogens is 1. The highest BCUT2D eigenvalue weighted by Crippen LogP contribution is 2.50. The predicted octanol–water partition coefficient (Wildman–Crippen LogP) is 5.30. The molecule has 0 spiro atoms. The number of alkyl halides is 1. The van der Waals surface area contributed by atoms with E-state index < -0.39 is 52.6 Å². The highest BCUT2D eigenvalue weighted by atomic mass is 32.2. The number of carbonyl (C=O) groups excluding carboxylic acids is 1. The lowest BCUT2D eigenvalue weighted by Crippen LogP contribution is -2.46. The Balaban J connectivity index is 1.10. The van der Waals surface area contributed by atoms with Gasteiger partial charge in [0.15, 0.2) is 11.4 Å². The van der Waals surface area contributed by atoms with Crippen LogP contribution in [-0.4, -0.2) is 85.3 Å². The van der Waals surface area contributed by atoms with Crippen molar-refractivity contribution in [1.29, 1.82) is 0 Å². The normalized spacial score (nSPS) is 26.5. The topological polar surface area (TPSA) is 127 Å². The molecule has 14 heteroatoms. The molecule has 7 atom stereocenters. The first-order valence-corrected chi connectivity index (χ1v) is 19.3. The Hall–Kier alpha value is -2.75. The number of hydrogen-bond acceptors (Lipinski definition) is 10. The Morgan fingerprint density at radius 3 is 2.69 bits per heavy atom. The van der Waals surface area contributed by atoms with E-state index in [2.05, 4.69) is 10.3 Å². The minimum Gasteiger partial charge on any atom is -0.462 e. The van der Waals surface area contributed by atoms with Gasteiger partial charge in [0.2, 0.25) is 10.0 Å². The van der Waals surface area contributed by atoms with Crippen molar-refractivity contribution in [2.45, 2.75) is 87.5 Å². The molecule has 7 rings (SSSR count). The number of hydrogen-bond donors (Lipinski definition) is 2. The standard InChI is InChI=1S/C35H43F2N3O7S2/c1-35(2,37)19-40(49(43,44)25-9-10-27-30(16-25)48-34(39-27)38-24-7-8-24)17-28(41)21(13-20-3-5-23(36)6-4-20)15-31(42)47-29-14-22-18-46-33-32(22)26(29)11-12-45-33/h3-6,9-10,16,21-22,24,26,28-29,32-33,41H,7-8,11-15,17-19H2,1-2H3,(H,38,39)/t21?,22?,26?,28-,29-,32+,33+/m1/s1. The van der Waals surface area contributed by atoms with Crippen LogP contribution in [0.4, 0.5) is 13.9 Å². The van der Waals surface area contributed by atoms with Crippen LogP contribution in [-0.2, 0) is 35.4 Å². The summed E-state index contributed by atoms with van der Waals surface area (Å²) < 4.78 is 76.4. The molecule has 0 amide bonds. The average molecular weight is 720 g/mol. The number of carbonyl (C=O) groups is 1. The molecule has 3 unspecified atom stereocenters. The van der Waals surface area contributed by atoms with Crippen molar-refractivity contribution >= 4 is 42.7 Å². The Bertz CT molecular complexity index is 1760. The zero-order valence-corrected chi connectivity index (χ0v) is 29.2. The Labute approximate surface area is 289 Å². The van der Waals surface area contributed by atoms with Crippen molar-refractivity contribution in [3.63, 3.8) is 0 Å². The van der Waals surface area contributed by atoms with Gasteiger partial charge in [-0.3, -0.25) is 4.79 Å². The van der Waals surface area contributed by atoms with Crippen LogP contribution in [0.3, 0.4) is 0 Å². The number of aliphatic hydroxyl groups is 1. The van der Waals surface area contributed by atoms with Gasteiger partial charge in [-0.1, -0.05) is 23.5 Å². The number of benzene rings is 2. The van der Waals surface area contributed by atoms with Gasteiger partial charge in [0, 0.05) is 36.9 Å². The number of esters is 1. The van der Waals surface area contributed by atoms with E-state index in [1.165, 1.54) is 49.4 Å². The lowest BCUT2D eigenvalue weighted by atomic mass is 9.86. The van der Waals surface area contributed by atoms with Crippen molar-refractivity contribution in [1.82, 2.24) is 9.29 Å². The number of thiazole rings is 1. The van der Waals surface area contributed by atoms with Crippen molar-refractivity contribution in [3.8, 4) is 0 Å². The van der Waals surface area contributed by atoms with E-state index in [1.807, 2.05) is 0 Å². The average Bonchev–Trinajstić information content (AvgIpc) is 3.45. The number of halogens is 2. The smallest absolute Gasteiger partial charge is 0.306 e. The number of fused-ring (bicyclic) bond motifs is 1. The fourth-order valence-corrected chi connectivity index (χ4v) is 10.2. The molecule has 266 valence electrons. The molecule has 4 fully saturated rings. The molecule has 0 radical (unpaired) electrons. The maximum Gasteiger partial charge on any atom is 0.306 e. The molecule has 0 bridgehead atoms. The molecule has 3 aromatic rings. The summed E-state index contributed by atoms with van der Waals surface area (Å²) in [5, 5.41) is 15.7. The SMILES string of the molecule is CC(C)(F)CN(C[C@@H](O)C(CC(=O)O[C@@H]1CC2CO[C@@H]3OCCC1[C@H]23)Cc1ccc(F)cc1)S(=O)(=O)c1ccc2nc(NC3CC3)sc2c1. The van der Waals surface area contributed by atoms with E-state index >= 15 is 4.39 Å². The highest BCUT2D eigenvalue weighted by Gasteiger charge is 2.55. The fourth-order valence-electron chi connectivity index (χ4n) is 7.56. The van der Waals surface area contributed by atoms with E-state index in [1.54, 1.807) is 18.2 Å². The van der Waals surface area contributed by atoms with Crippen molar-refractivity contribution < 1.29 is 41.3 Å². The minimum absolute atomic E-state index is 0.0434. The van der Waals surface area contributed by atoms with Crippen LogP contribution in [0.5, 0.6) is 0 Å². The number of rotatable bonds is 14. The van der Waals surface area contributed by atoms with Crippen LogP contribution in [0, 0.1) is 29.5 Å². The third-order valence-electron chi connectivity index (χ3n) is 10.1. The van der Waals surface area contributed by atoms with Gasteiger partial charge in [-0.05, 0) is 87.8 Å². The molecule has 2 saturated heterocycles. The first-order chi connectivity index (χ1) is 23.3. The molecule has 3 heterocycles. The van der Waals surface area contributed by atoms with Gasteiger partial charge >= 0.3 is 5.97 Å². The Morgan fingerprint density at radius 2 is 1.96 bits per heavy atom. The van der Waals surface area contributed by atoms with E-state index in [0.717, 1.165) is 23.6 Å². The molecule has 2 aromatic carbocycles. The fraction of sp³-hybridized carbons (Fsp3) is 0.600. The molecule has 2 N–H and O–H groups in total. The largest absolute Gasteiger partial charge is 0.462 e. The van der Waals surface area contributed by atoms with E-state index in [9.17, 15) is 22.7 Å². The second-order valence-corrected chi connectivity index (χ2v) is 17.5. The number of nitrogens with zero attached hydrogens (tertiary/aromatic N) is 2. The second-order valence-electron chi connectivity index (χ2n) is 14.6. The van der Waals surface area contributed by atoms with E-state index in [0.29, 0.717) is 46.6 Å². The van der Waals surface area contributed by atoms with Crippen LogP contribution in [0.15, 0.2) is 47.4 Å². The van der Waals surface area contributed by atoms with Gasteiger partial charge in [-0.25, -0.2) is 22.2 Å². The molecule has 4 aliphatic rings. The maximum atomic E-state index is 15.2. The summed E-state index contributed by atoms with van der Waals surface area (Å²) in [5.41, 5.74) is -0.624. The number of nitrogens with one attached hydrogen (secondary N) is 1. The highest BCUT2D eigenvalue weighted by molar-refractivity contribution is 7.89. The van der Waals surface area contributed by atoms with Gasteiger partial charge in [0.05, 0.1) is 40.9 Å². The number of ether oxygens (including phenoxy) is 3. The molecule has 2 aliphatic heterocycles. The molecular formula is C35H43F2N3O7S2. The predicted molar refractivity (Wildman–Crippen MR) is 180 cm³/mol. The summed E-state index contributed by atoms with van der Waals surface area (Å²) in [6.07, 6.45) is 1.57. The first kappa shape index (κ1) is 34.7. The monoisotopic (exact) mass is 719 g/mol. The summed E-state index contributed by atoms with van der Waals surface area (Å²) in [4.78, 5) is 18.0. The van der Waals surface area contributed by atoms with Crippen molar-refractivity contribution in [2.24, 2.45) is 23.7 Å². The lowest BCUT2D eigenvalue weighted by molar-refractivity contribution is -0.182. The Morgan fingerprint density at radius 1 is 1.18 bits per heavy atom. The summed E-state index contributed by atoms with van der Waals surface area (Å²) in [7, 11) is -4.30. The zero-order chi connectivity index (χ0) is 34.5. The third-order valence-corrected chi connectivity index (χ3v) is 12.8. The molecule has 1 aromatic heterocycles. The summed E-state index contributed by atoms with van der Waals surface area (Å²) >= 11 is 1.35. The van der Waals surface area contributed by atoms with Crippen LogP contribution < -0.4 is 5.32 Å². The van der Waals surface area contributed by atoms with Gasteiger partial charge in [-0.2, -0.15) is 4.31 Å². The molecule has 2 saturated carbocycles. The molecule has 10 nitrogen and oxygen atoms in total. The quantitative estimate of drug-likeness (QED) is 0.214. The molecule has 49 heavy (non-hydrogen) atoms. The molecular weight excluding hydrogens is 677 g/mol. The third kappa shape index (κ3) is 7.94.